The molecule has 0 aromatic heterocycles. The van der Waals surface area contributed by atoms with Crippen LogP contribution in [0.25, 0.3) is 0 Å². The van der Waals surface area contributed by atoms with Gasteiger partial charge in [-0.3, -0.25) is 9.59 Å². The zero-order valence-electron chi connectivity index (χ0n) is 18.2. The smallest absolute Gasteiger partial charge is 0.255 e. The van der Waals surface area contributed by atoms with E-state index in [0.717, 1.165) is 12.8 Å². The lowest BCUT2D eigenvalue weighted by molar-refractivity contribution is -0.116. The average molecular weight is 411 g/mol. The highest BCUT2D eigenvalue weighted by atomic mass is 16.5. The van der Waals surface area contributed by atoms with Gasteiger partial charge in [-0.1, -0.05) is 57.6 Å². The monoisotopic (exact) mass is 410 g/mol. The van der Waals surface area contributed by atoms with Crippen molar-refractivity contribution in [3.8, 4) is 5.75 Å². The van der Waals surface area contributed by atoms with Crippen LogP contribution in [0.4, 0.5) is 11.4 Å². The summed E-state index contributed by atoms with van der Waals surface area (Å²) in [7, 11) is 0. The summed E-state index contributed by atoms with van der Waals surface area (Å²) in [5.41, 5.74) is 1.86. The van der Waals surface area contributed by atoms with Gasteiger partial charge >= 0.3 is 0 Å². The van der Waals surface area contributed by atoms with Crippen LogP contribution in [0.15, 0.2) is 48.5 Å². The predicted octanol–water partition coefficient (Wildman–Crippen LogP) is 6.42. The number of nitrogens with one attached hydrogen (secondary N) is 2. The zero-order chi connectivity index (χ0) is 21.6. The molecule has 0 unspecified atom stereocenters. The molecule has 0 aliphatic carbocycles. The minimum atomic E-state index is -0.219. The van der Waals surface area contributed by atoms with E-state index >= 15 is 0 Å². The van der Waals surface area contributed by atoms with Gasteiger partial charge < -0.3 is 15.4 Å². The lowest BCUT2D eigenvalue weighted by Crippen LogP contribution is -2.14. The molecule has 0 saturated carbocycles. The second kappa shape index (κ2) is 13.4. The molecule has 0 aliphatic rings. The summed E-state index contributed by atoms with van der Waals surface area (Å²) in [6, 6.07) is 14.3. The molecule has 2 amide bonds. The summed E-state index contributed by atoms with van der Waals surface area (Å²) in [6.07, 6.45) is 8.84. The fraction of sp³-hybridized carbons (Fsp3) is 0.440. The summed E-state index contributed by atoms with van der Waals surface area (Å²) in [5.74, 6) is 0.442. The van der Waals surface area contributed by atoms with E-state index in [-0.39, 0.29) is 11.8 Å². The Morgan fingerprint density at radius 1 is 0.800 bits per heavy atom. The van der Waals surface area contributed by atoms with E-state index < -0.39 is 0 Å². The molecule has 0 bridgehead atoms. The van der Waals surface area contributed by atoms with Gasteiger partial charge in [0.1, 0.15) is 5.75 Å². The Morgan fingerprint density at radius 3 is 2.17 bits per heavy atom. The fourth-order valence-corrected chi connectivity index (χ4v) is 3.22. The Morgan fingerprint density at radius 2 is 1.47 bits per heavy atom. The number of carbonyl (C=O) groups excluding carboxylic acids is 2. The topological polar surface area (TPSA) is 67.4 Å². The first kappa shape index (κ1) is 23.5. The van der Waals surface area contributed by atoms with Crippen LogP contribution >= 0.6 is 0 Å². The molecule has 0 spiro atoms. The lowest BCUT2D eigenvalue weighted by Gasteiger charge is -2.11. The van der Waals surface area contributed by atoms with Crippen LogP contribution in [0.5, 0.6) is 5.75 Å². The zero-order valence-corrected chi connectivity index (χ0v) is 18.2. The molecule has 2 aromatic rings. The molecule has 0 aliphatic heterocycles. The SMILES string of the molecule is CCCCCCCCCC(=O)Nc1ccc(C(=O)Nc2ccccc2OCC)cc1. The average Bonchev–Trinajstić information content (AvgIpc) is 2.75. The van der Waals surface area contributed by atoms with E-state index in [1.165, 1.54) is 32.1 Å². The molecule has 0 fully saturated rings. The van der Waals surface area contributed by atoms with Gasteiger partial charge in [-0.15, -0.1) is 0 Å². The number of rotatable bonds is 13. The number of para-hydroxylation sites is 2. The van der Waals surface area contributed by atoms with Gasteiger partial charge in [-0.2, -0.15) is 0 Å². The Labute approximate surface area is 180 Å². The number of hydrogen-bond acceptors (Lipinski definition) is 3. The van der Waals surface area contributed by atoms with Crippen molar-refractivity contribution >= 4 is 23.2 Å². The largest absolute Gasteiger partial charge is 0.492 e. The molecule has 162 valence electrons. The molecule has 0 atom stereocenters. The first-order valence-corrected chi connectivity index (χ1v) is 11.1. The van der Waals surface area contributed by atoms with Gasteiger partial charge in [0.2, 0.25) is 5.91 Å². The van der Waals surface area contributed by atoms with Gasteiger partial charge in [0.25, 0.3) is 5.91 Å². The molecule has 5 heteroatoms. The molecule has 2 rings (SSSR count). The number of unbranched alkanes of at least 4 members (excludes halogenated alkanes) is 6. The standard InChI is InChI=1S/C25H34N2O3/c1-3-5-6-7-8-9-10-15-24(28)26-21-18-16-20(17-19-21)25(29)27-22-13-11-12-14-23(22)30-4-2/h11-14,16-19H,3-10,15H2,1-2H3,(H,26,28)(H,27,29). The van der Waals surface area contributed by atoms with Gasteiger partial charge in [-0.25, -0.2) is 0 Å². The van der Waals surface area contributed by atoms with Gasteiger partial charge in [0.15, 0.2) is 0 Å². The molecule has 0 heterocycles. The maximum absolute atomic E-state index is 12.5. The number of hydrogen-bond donors (Lipinski definition) is 2. The van der Waals surface area contributed by atoms with Crippen molar-refractivity contribution in [2.24, 2.45) is 0 Å². The minimum absolute atomic E-state index is 0.0198. The third kappa shape index (κ3) is 8.27. The Bertz CT molecular complexity index is 787. The Balaban J connectivity index is 1.77. The molecule has 0 radical (unpaired) electrons. The summed E-state index contributed by atoms with van der Waals surface area (Å²) < 4.78 is 5.54. The van der Waals surface area contributed by atoms with Crippen LogP contribution in [0.1, 0.15) is 75.6 Å². The number of benzene rings is 2. The van der Waals surface area contributed by atoms with Crippen molar-refractivity contribution in [1.82, 2.24) is 0 Å². The molecule has 2 aromatic carbocycles. The third-order valence-corrected chi connectivity index (χ3v) is 4.87. The normalized spacial score (nSPS) is 10.5. The third-order valence-electron chi connectivity index (χ3n) is 4.87. The van der Waals surface area contributed by atoms with Crippen LogP contribution in [-0.2, 0) is 4.79 Å². The number of carbonyl (C=O) groups is 2. The highest BCUT2D eigenvalue weighted by molar-refractivity contribution is 6.05. The first-order valence-electron chi connectivity index (χ1n) is 11.1. The molecule has 0 saturated heterocycles. The van der Waals surface area contributed by atoms with E-state index in [1.807, 2.05) is 25.1 Å². The maximum atomic E-state index is 12.5. The van der Waals surface area contributed by atoms with Crippen LogP contribution in [0.3, 0.4) is 0 Å². The molecule has 30 heavy (non-hydrogen) atoms. The Kier molecular flexibility index (Phi) is 10.5. The predicted molar refractivity (Wildman–Crippen MR) is 123 cm³/mol. The highest BCUT2D eigenvalue weighted by Gasteiger charge is 2.10. The van der Waals surface area contributed by atoms with Crippen LogP contribution in [0, 0.1) is 0 Å². The summed E-state index contributed by atoms with van der Waals surface area (Å²) in [6.45, 7) is 4.64. The van der Waals surface area contributed by atoms with Crippen molar-refractivity contribution in [3.05, 3.63) is 54.1 Å². The molecule has 5 nitrogen and oxygen atoms in total. The minimum Gasteiger partial charge on any atom is -0.492 e. The van der Waals surface area contributed by atoms with Gasteiger partial charge in [0, 0.05) is 17.7 Å². The van der Waals surface area contributed by atoms with E-state index in [9.17, 15) is 9.59 Å². The van der Waals surface area contributed by atoms with Crippen molar-refractivity contribution in [2.45, 2.75) is 65.2 Å². The van der Waals surface area contributed by atoms with E-state index in [4.69, 9.17) is 4.74 Å². The summed E-state index contributed by atoms with van der Waals surface area (Å²) in [5, 5.41) is 5.78. The van der Waals surface area contributed by atoms with Crippen molar-refractivity contribution in [3.63, 3.8) is 0 Å². The molecular weight excluding hydrogens is 376 g/mol. The van der Waals surface area contributed by atoms with E-state index in [1.54, 1.807) is 30.3 Å². The van der Waals surface area contributed by atoms with Crippen molar-refractivity contribution in [2.75, 3.05) is 17.2 Å². The van der Waals surface area contributed by atoms with Crippen LogP contribution in [0.2, 0.25) is 0 Å². The van der Waals surface area contributed by atoms with Crippen molar-refractivity contribution < 1.29 is 14.3 Å². The van der Waals surface area contributed by atoms with E-state index in [2.05, 4.69) is 17.6 Å². The molecule has 2 N–H and O–H groups in total. The Hall–Kier alpha value is -2.82. The van der Waals surface area contributed by atoms with Crippen LogP contribution in [-0.4, -0.2) is 18.4 Å². The fourth-order valence-electron chi connectivity index (χ4n) is 3.22. The van der Waals surface area contributed by atoms with Gasteiger partial charge in [-0.05, 0) is 49.7 Å². The lowest BCUT2D eigenvalue weighted by atomic mass is 10.1. The summed E-state index contributed by atoms with van der Waals surface area (Å²) in [4.78, 5) is 24.6. The van der Waals surface area contributed by atoms with Crippen molar-refractivity contribution in [1.29, 1.82) is 0 Å². The number of ether oxygens (including phenoxy) is 1. The number of amides is 2. The van der Waals surface area contributed by atoms with Crippen LogP contribution < -0.4 is 15.4 Å². The van der Waals surface area contributed by atoms with E-state index in [0.29, 0.717) is 35.7 Å². The quantitative estimate of drug-likeness (QED) is 0.375. The maximum Gasteiger partial charge on any atom is 0.255 e. The second-order valence-electron chi connectivity index (χ2n) is 7.38. The second-order valence-corrected chi connectivity index (χ2v) is 7.38. The summed E-state index contributed by atoms with van der Waals surface area (Å²) >= 11 is 0. The highest BCUT2D eigenvalue weighted by Crippen LogP contribution is 2.24. The first-order chi connectivity index (χ1) is 14.6. The van der Waals surface area contributed by atoms with Gasteiger partial charge in [0.05, 0.1) is 12.3 Å². The molecular formula is C25H34N2O3. The number of anilines is 2.